The first-order chi connectivity index (χ1) is 10.3. The molecule has 1 aromatic rings. The Kier molecular flexibility index (Phi) is 5.32. The highest BCUT2D eigenvalue weighted by molar-refractivity contribution is 7.89. The van der Waals surface area contributed by atoms with Gasteiger partial charge >= 0.3 is 0 Å². The van der Waals surface area contributed by atoms with Crippen LogP contribution in [0, 0.1) is 0 Å². The van der Waals surface area contributed by atoms with Crippen molar-refractivity contribution in [1.29, 1.82) is 0 Å². The molecule has 7 nitrogen and oxygen atoms in total. The molecule has 1 amide bonds. The molecule has 9 heteroatoms. The number of hydrogen-bond acceptors (Lipinski definition) is 5. The quantitative estimate of drug-likeness (QED) is 0.818. The molecule has 0 aromatic heterocycles. The van der Waals surface area contributed by atoms with Gasteiger partial charge in [-0.15, -0.1) is 4.83 Å². The normalized spacial score (nSPS) is 23.2. The number of anilines is 1. The van der Waals surface area contributed by atoms with Gasteiger partial charge in [0.2, 0.25) is 5.91 Å². The molecule has 2 rings (SSSR count). The zero-order chi connectivity index (χ0) is 16.3. The van der Waals surface area contributed by atoms with Crippen molar-refractivity contribution in [1.82, 2.24) is 9.84 Å². The first kappa shape index (κ1) is 17.1. The number of benzene rings is 1. The number of nitrogens with one attached hydrogen (secondary N) is 2. The molecule has 1 saturated heterocycles. The molecule has 1 aliphatic heterocycles. The molecular formula is C13H19N3O4S2. The van der Waals surface area contributed by atoms with Crippen molar-refractivity contribution >= 4 is 32.4 Å². The zero-order valence-corrected chi connectivity index (χ0v) is 14.0. The maximum Gasteiger partial charge on any atom is 0.253 e. The minimum Gasteiger partial charge on any atom is -0.326 e. The van der Waals surface area contributed by atoms with Gasteiger partial charge in [0.05, 0.1) is 4.90 Å². The second-order valence-corrected chi connectivity index (χ2v) is 8.78. The summed E-state index contributed by atoms with van der Waals surface area (Å²) in [4.78, 5) is 13.6. The van der Waals surface area contributed by atoms with Gasteiger partial charge in [-0.25, -0.2) is 13.4 Å². The molecule has 2 N–H and O–H groups in total. The zero-order valence-electron chi connectivity index (χ0n) is 12.4. The Morgan fingerprint density at radius 2 is 1.95 bits per heavy atom. The summed E-state index contributed by atoms with van der Waals surface area (Å²) in [5.41, 5.74) is 0.536. The molecule has 1 heterocycles. The van der Waals surface area contributed by atoms with Gasteiger partial charge in [0.1, 0.15) is 0 Å². The standard InChI is InChI=1S/C13H19N3O4S2/c1-10-9-16(7-8-21(10)18)15-22(19,20)13-5-3-12(4-6-13)14-11(2)17/h3-6,10,15H,7-9H2,1-2H3,(H,14,17)/t10-,21-/m0/s1. The summed E-state index contributed by atoms with van der Waals surface area (Å²) in [5.74, 6) is 0.231. The molecule has 0 saturated carbocycles. The number of hydrazine groups is 1. The van der Waals surface area contributed by atoms with Crippen LogP contribution in [0.1, 0.15) is 13.8 Å². The van der Waals surface area contributed by atoms with Crippen LogP contribution in [0.25, 0.3) is 0 Å². The number of amides is 1. The van der Waals surface area contributed by atoms with Crippen LogP contribution in [-0.2, 0) is 25.6 Å². The van der Waals surface area contributed by atoms with Gasteiger partial charge in [0, 0.05) is 47.5 Å². The fraction of sp³-hybridized carbons (Fsp3) is 0.462. The number of carbonyl (C=O) groups is 1. The molecule has 1 aromatic carbocycles. The van der Waals surface area contributed by atoms with E-state index in [1.54, 1.807) is 5.01 Å². The first-order valence-electron chi connectivity index (χ1n) is 6.80. The highest BCUT2D eigenvalue weighted by atomic mass is 32.2. The Hall–Kier alpha value is -1.29. The molecule has 1 fully saturated rings. The Balaban J connectivity index is 2.07. The lowest BCUT2D eigenvalue weighted by atomic mass is 10.3. The second kappa shape index (κ2) is 6.86. The van der Waals surface area contributed by atoms with Crippen molar-refractivity contribution < 1.29 is 17.4 Å². The van der Waals surface area contributed by atoms with Gasteiger partial charge in [-0.3, -0.25) is 9.00 Å². The average molecular weight is 345 g/mol. The van der Waals surface area contributed by atoms with E-state index in [2.05, 4.69) is 10.1 Å². The molecule has 2 atom stereocenters. The number of hydrogen-bond donors (Lipinski definition) is 2. The highest BCUT2D eigenvalue weighted by Crippen LogP contribution is 2.15. The van der Waals surface area contributed by atoms with E-state index in [1.165, 1.54) is 31.2 Å². The van der Waals surface area contributed by atoms with Gasteiger partial charge in [0.25, 0.3) is 10.0 Å². The van der Waals surface area contributed by atoms with Crippen LogP contribution in [0.3, 0.4) is 0 Å². The van der Waals surface area contributed by atoms with Crippen molar-refractivity contribution in [2.75, 3.05) is 24.2 Å². The van der Waals surface area contributed by atoms with Crippen molar-refractivity contribution in [2.24, 2.45) is 0 Å². The summed E-state index contributed by atoms with van der Waals surface area (Å²) in [5, 5.41) is 4.08. The molecule has 0 spiro atoms. The van der Waals surface area contributed by atoms with Gasteiger partial charge < -0.3 is 5.32 Å². The molecule has 22 heavy (non-hydrogen) atoms. The van der Waals surface area contributed by atoms with E-state index in [-0.39, 0.29) is 16.1 Å². The van der Waals surface area contributed by atoms with Crippen molar-refractivity contribution in [3.8, 4) is 0 Å². The fourth-order valence-corrected chi connectivity index (χ4v) is 4.37. The predicted molar refractivity (Wildman–Crippen MR) is 85.1 cm³/mol. The number of nitrogens with zero attached hydrogens (tertiary/aromatic N) is 1. The smallest absolute Gasteiger partial charge is 0.253 e. The highest BCUT2D eigenvalue weighted by Gasteiger charge is 2.26. The van der Waals surface area contributed by atoms with E-state index in [9.17, 15) is 17.4 Å². The van der Waals surface area contributed by atoms with E-state index in [0.29, 0.717) is 24.5 Å². The lowest BCUT2D eigenvalue weighted by Crippen LogP contribution is -2.51. The summed E-state index contributed by atoms with van der Waals surface area (Å²) in [7, 11) is -4.59. The minimum absolute atomic E-state index is 0.0707. The maximum absolute atomic E-state index is 12.3. The molecule has 0 unspecified atom stereocenters. The van der Waals surface area contributed by atoms with Gasteiger partial charge in [-0.2, -0.15) is 0 Å². The molecular weight excluding hydrogens is 326 g/mol. The van der Waals surface area contributed by atoms with Crippen LogP contribution in [0.5, 0.6) is 0 Å². The Labute approximate surface area is 132 Å². The third kappa shape index (κ3) is 4.35. The van der Waals surface area contributed by atoms with Crippen LogP contribution in [-0.4, -0.2) is 47.6 Å². The number of sulfonamides is 1. The van der Waals surface area contributed by atoms with E-state index in [4.69, 9.17) is 0 Å². The van der Waals surface area contributed by atoms with E-state index < -0.39 is 20.8 Å². The van der Waals surface area contributed by atoms with E-state index in [1.807, 2.05) is 6.92 Å². The topological polar surface area (TPSA) is 95.6 Å². The molecule has 122 valence electrons. The third-order valence-corrected chi connectivity index (χ3v) is 6.25. The molecule has 1 aliphatic rings. The van der Waals surface area contributed by atoms with Crippen molar-refractivity contribution in [3.63, 3.8) is 0 Å². The lowest BCUT2D eigenvalue weighted by Gasteiger charge is -2.30. The van der Waals surface area contributed by atoms with E-state index in [0.717, 1.165) is 0 Å². The van der Waals surface area contributed by atoms with Crippen LogP contribution in [0.2, 0.25) is 0 Å². The van der Waals surface area contributed by atoms with Crippen molar-refractivity contribution in [2.45, 2.75) is 24.0 Å². The number of carbonyl (C=O) groups excluding carboxylic acids is 1. The summed E-state index contributed by atoms with van der Waals surface area (Å²) in [6.07, 6.45) is 0. The first-order valence-corrected chi connectivity index (χ1v) is 9.67. The minimum atomic E-state index is -3.68. The fourth-order valence-electron chi connectivity index (χ4n) is 2.11. The maximum atomic E-state index is 12.3. The SMILES string of the molecule is CC(=O)Nc1ccc(S(=O)(=O)NN2CC[S@](=O)[C@@H](C)C2)cc1. The largest absolute Gasteiger partial charge is 0.326 e. The van der Waals surface area contributed by atoms with E-state index >= 15 is 0 Å². The summed E-state index contributed by atoms with van der Waals surface area (Å²) >= 11 is 0. The second-order valence-electron chi connectivity index (χ2n) is 5.14. The molecule has 0 aliphatic carbocycles. The Morgan fingerprint density at radius 1 is 1.32 bits per heavy atom. The van der Waals surface area contributed by atoms with Crippen LogP contribution < -0.4 is 10.1 Å². The molecule has 0 radical (unpaired) electrons. The van der Waals surface area contributed by atoms with Crippen LogP contribution in [0.4, 0.5) is 5.69 Å². The third-order valence-electron chi connectivity index (χ3n) is 3.22. The Bertz CT molecular complexity index is 673. The summed E-state index contributed by atoms with van der Waals surface area (Å²) in [6, 6.07) is 5.92. The van der Waals surface area contributed by atoms with Gasteiger partial charge in [-0.05, 0) is 31.2 Å². The summed E-state index contributed by atoms with van der Waals surface area (Å²) in [6.45, 7) is 4.04. The molecule has 0 bridgehead atoms. The van der Waals surface area contributed by atoms with Crippen LogP contribution in [0.15, 0.2) is 29.2 Å². The summed E-state index contributed by atoms with van der Waals surface area (Å²) < 4.78 is 36.2. The predicted octanol–water partition coefficient (Wildman–Crippen LogP) is 0.291. The number of rotatable bonds is 4. The lowest BCUT2D eigenvalue weighted by molar-refractivity contribution is -0.114. The van der Waals surface area contributed by atoms with Gasteiger partial charge in [0.15, 0.2) is 0 Å². The average Bonchev–Trinajstić information content (AvgIpc) is 2.42. The van der Waals surface area contributed by atoms with Crippen molar-refractivity contribution in [3.05, 3.63) is 24.3 Å². The van der Waals surface area contributed by atoms with Gasteiger partial charge in [-0.1, -0.05) is 0 Å². The Morgan fingerprint density at radius 3 is 2.50 bits per heavy atom. The monoisotopic (exact) mass is 345 g/mol. The van der Waals surface area contributed by atoms with Crippen LogP contribution >= 0.6 is 0 Å².